The molecule has 0 amide bonds. The van der Waals surface area contributed by atoms with E-state index in [-0.39, 0.29) is 5.78 Å². The van der Waals surface area contributed by atoms with Crippen LogP contribution in [0.3, 0.4) is 0 Å². The van der Waals surface area contributed by atoms with Gasteiger partial charge in [-0.15, -0.1) is 0 Å². The smallest absolute Gasteiger partial charge is 0.159 e. The van der Waals surface area contributed by atoms with Gasteiger partial charge in [0.1, 0.15) is 0 Å². The maximum Gasteiger partial charge on any atom is 0.159 e. The second-order valence-electron chi connectivity index (χ2n) is 6.28. The molecule has 1 aromatic heterocycles. The minimum Gasteiger partial charge on any atom is -0.354 e. The SMILES string of the molecule is CC(=O)c1ccc2c(c1)c1ccccc1c1[nH]c3ccccc3c21. The Morgan fingerprint density at radius 1 is 0.750 bits per heavy atom. The molecular formula is C22H15NO. The van der Waals surface area contributed by atoms with E-state index >= 15 is 0 Å². The summed E-state index contributed by atoms with van der Waals surface area (Å²) < 4.78 is 0. The summed E-state index contributed by atoms with van der Waals surface area (Å²) in [5, 5.41) is 7.14. The number of carbonyl (C=O) groups is 1. The first kappa shape index (κ1) is 13.3. The predicted molar refractivity (Wildman–Crippen MR) is 101 cm³/mol. The van der Waals surface area contributed by atoms with Gasteiger partial charge in [0.05, 0.1) is 5.52 Å². The predicted octanol–water partition coefficient (Wildman–Crippen LogP) is 5.83. The van der Waals surface area contributed by atoms with Crippen LogP contribution in [0.25, 0.3) is 43.4 Å². The molecule has 24 heavy (non-hydrogen) atoms. The first-order chi connectivity index (χ1) is 11.7. The van der Waals surface area contributed by atoms with E-state index in [1.54, 1.807) is 6.92 Å². The number of hydrogen-bond acceptors (Lipinski definition) is 1. The Morgan fingerprint density at radius 3 is 2.25 bits per heavy atom. The highest BCUT2D eigenvalue weighted by Crippen LogP contribution is 2.39. The molecule has 0 aliphatic rings. The van der Waals surface area contributed by atoms with Gasteiger partial charge in [0, 0.05) is 27.2 Å². The summed E-state index contributed by atoms with van der Waals surface area (Å²) in [6.07, 6.45) is 0. The maximum absolute atomic E-state index is 11.8. The standard InChI is InChI=1S/C22H15NO/c1-13(24)14-10-11-16-19(12-14)15-6-2-3-7-17(15)22-21(16)18-8-4-5-9-20(18)23-22/h2-12,23H,1H3. The van der Waals surface area contributed by atoms with Crippen LogP contribution in [0.2, 0.25) is 0 Å². The summed E-state index contributed by atoms with van der Waals surface area (Å²) in [7, 11) is 0. The van der Waals surface area contributed by atoms with Crippen molar-refractivity contribution >= 4 is 49.1 Å². The fourth-order valence-electron chi connectivity index (χ4n) is 3.76. The molecule has 5 aromatic rings. The molecule has 0 bridgehead atoms. The van der Waals surface area contributed by atoms with Crippen molar-refractivity contribution in [1.82, 2.24) is 4.98 Å². The molecule has 0 radical (unpaired) electrons. The number of benzene rings is 4. The lowest BCUT2D eigenvalue weighted by molar-refractivity contribution is 0.101. The second kappa shape index (κ2) is 4.68. The Kier molecular flexibility index (Phi) is 2.60. The molecule has 0 saturated carbocycles. The van der Waals surface area contributed by atoms with Gasteiger partial charge in [0.15, 0.2) is 5.78 Å². The number of para-hydroxylation sites is 1. The minimum absolute atomic E-state index is 0.0972. The zero-order valence-corrected chi connectivity index (χ0v) is 13.3. The fourth-order valence-corrected chi connectivity index (χ4v) is 3.76. The zero-order chi connectivity index (χ0) is 16.3. The Hall–Kier alpha value is -3.13. The lowest BCUT2D eigenvalue weighted by atomic mass is 9.95. The summed E-state index contributed by atoms with van der Waals surface area (Å²) in [5.41, 5.74) is 3.06. The fraction of sp³-hybridized carbons (Fsp3) is 0.0455. The van der Waals surface area contributed by atoms with E-state index < -0.39 is 0 Å². The Balaban J connectivity index is 2.14. The third kappa shape index (κ3) is 1.68. The summed E-state index contributed by atoms with van der Waals surface area (Å²) >= 11 is 0. The van der Waals surface area contributed by atoms with Crippen LogP contribution in [0.1, 0.15) is 17.3 Å². The van der Waals surface area contributed by atoms with E-state index in [1.807, 2.05) is 12.1 Å². The first-order valence-corrected chi connectivity index (χ1v) is 8.10. The summed E-state index contributed by atoms with van der Waals surface area (Å²) in [6.45, 7) is 1.62. The molecule has 0 fully saturated rings. The number of aromatic amines is 1. The topological polar surface area (TPSA) is 32.9 Å². The van der Waals surface area contributed by atoms with Crippen molar-refractivity contribution in [2.75, 3.05) is 0 Å². The average Bonchev–Trinajstić information content (AvgIpc) is 3.01. The monoisotopic (exact) mass is 309 g/mol. The largest absolute Gasteiger partial charge is 0.354 e. The zero-order valence-electron chi connectivity index (χ0n) is 13.3. The molecular weight excluding hydrogens is 294 g/mol. The molecule has 0 unspecified atom stereocenters. The van der Waals surface area contributed by atoms with Crippen LogP contribution in [-0.2, 0) is 0 Å². The number of carbonyl (C=O) groups excluding carboxylic acids is 1. The number of ketones is 1. The number of hydrogen-bond donors (Lipinski definition) is 1. The number of fused-ring (bicyclic) bond motifs is 8. The number of H-pyrrole nitrogens is 1. The van der Waals surface area contributed by atoms with Gasteiger partial charge in [-0.1, -0.05) is 54.6 Å². The van der Waals surface area contributed by atoms with Crippen LogP contribution in [0.15, 0.2) is 66.7 Å². The van der Waals surface area contributed by atoms with Crippen LogP contribution in [-0.4, -0.2) is 10.8 Å². The van der Waals surface area contributed by atoms with Gasteiger partial charge in [0.2, 0.25) is 0 Å². The number of rotatable bonds is 1. The van der Waals surface area contributed by atoms with Gasteiger partial charge >= 0.3 is 0 Å². The third-order valence-corrected chi connectivity index (χ3v) is 4.89. The van der Waals surface area contributed by atoms with Gasteiger partial charge in [-0.2, -0.15) is 0 Å². The molecule has 0 aliphatic carbocycles. The van der Waals surface area contributed by atoms with Gasteiger partial charge in [0.25, 0.3) is 0 Å². The Bertz CT molecular complexity index is 1280. The molecule has 5 rings (SSSR count). The van der Waals surface area contributed by atoms with E-state index in [9.17, 15) is 4.79 Å². The lowest BCUT2D eigenvalue weighted by Crippen LogP contribution is -1.92. The quantitative estimate of drug-likeness (QED) is 0.307. The van der Waals surface area contributed by atoms with E-state index in [0.29, 0.717) is 0 Å². The van der Waals surface area contributed by atoms with Gasteiger partial charge in [-0.05, 0) is 35.2 Å². The minimum atomic E-state index is 0.0972. The van der Waals surface area contributed by atoms with Crippen molar-refractivity contribution in [3.63, 3.8) is 0 Å². The summed E-state index contributed by atoms with van der Waals surface area (Å²) in [4.78, 5) is 15.4. The van der Waals surface area contributed by atoms with E-state index in [0.717, 1.165) is 22.0 Å². The number of Topliss-reactive ketones (excluding diaryl/α,β-unsaturated/α-hetero) is 1. The van der Waals surface area contributed by atoms with Gasteiger partial charge < -0.3 is 4.98 Å². The van der Waals surface area contributed by atoms with Crippen molar-refractivity contribution < 1.29 is 4.79 Å². The Morgan fingerprint density at radius 2 is 1.46 bits per heavy atom. The van der Waals surface area contributed by atoms with E-state index in [1.165, 1.54) is 26.9 Å². The van der Waals surface area contributed by atoms with E-state index in [4.69, 9.17) is 0 Å². The average molecular weight is 309 g/mol. The van der Waals surface area contributed by atoms with Crippen molar-refractivity contribution in [3.8, 4) is 0 Å². The van der Waals surface area contributed by atoms with Crippen LogP contribution in [0.5, 0.6) is 0 Å². The number of nitrogens with one attached hydrogen (secondary N) is 1. The molecule has 0 saturated heterocycles. The first-order valence-electron chi connectivity index (χ1n) is 8.10. The second-order valence-corrected chi connectivity index (χ2v) is 6.28. The van der Waals surface area contributed by atoms with Crippen molar-refractivity contribution in [2.24, 2.45) is 0 Å². The van der Waals surface area contributed by atoms with Crippen LogP contribution in [0, 0.1) is 0 Å². The third-order valence-electron chi connectivity index (χ3n) is 4.89. The summed E-state index contributed by atoms with van der Waals surface area (Å²) in [6, 6.07) is 22.8. The van der Waals surface area contributed by atoms with Gasteiger partial charge in [-0.25, -0.2) is 0 Å². The molecule has 114 valence electrons. The highest BCUT2D eigenvalue weighted by molar-refractivity contribution is 6.31. The molecule has 1 heterocycles. The molecule has 1 N–H and O–H groups in total. The Labute approximate surface area is 138 Å². The van der Waals surface area contributed by atoms with Crippen LogP contribution in [0.4, 0.5) is 0 Å². The molecule has 4 aromatic carbocycles. The summed E-state index contributed by atoms with van der Waals surface area (Å²) in [5.74, 6) is 0.0972. The van der Waals surface area contributed by atoms with Crippen molar-refractivity contribution in [1.29, 1.82) is 0 Å². The molecule has 0 atom stereocenters. The number of aromatic nitrogens is 1. The van der Waals surface area contributed by atoms with Gasteiger partial charge in [-0.3, -0.25) is 4.79 Å². The van der Waals surface area contributed by atoms with E-state index in [2.05, 4.69) is 59.6 Å². The normalized spacial score (nSPS) is 11.7. The molecule has 2 heteroatoms. The van der Waals surface area contributed by atoms with Crippen LogP contribution < -0.4 is 0 Å². The highest BCUT2D eigenvalue weighted by atomic mass is 16.1. The lowest BCUT2D eigenvalue weighted by Gasteiger charge is -2.08. The highest BCUT2D eigenvalue weighted by Gasteiger charge is 2.14. The molecule has 0 aliphatic heterocycles. The molecule has 0 spiro atoms. The molecule has 2 nitrogen and oxygen atoms in total. The van der Waals surface area contributed by atoms with Crippen molar-refractivity contribution in [3.05, 3.63) is 72.3 Å². The van der Waals surface area contributed by atoms with Crippen LogP contribution >= 0.6 is 0 Å². The maximum atomic E-state index is 11.8. The van der Waals surface area contributed by atoms with Crippen molar-refractivity contribution in [2.45, 2.75) is 6.92 Å².